The Kier molecular flexibility index (Phi) is 12.5. The first kappa shape index (κ1) is 30.6. The normalized spacial score (nSPS) is 11.4. The summed E-state index contributed by atoms with van der Waals surface area (Å²) in [5.41, 5.74) is 9.27. The Balaban J connectivity index is 0.000000220. The molecule has 1 amide bonds. The minimum Gasteiger partial charge on any atom is -0.481 e. The molecule has 4 heteroatoms. The van der Waals surface area contributed by atoms with E-state index in [2.05, 4.69) is 61.5 Å². The van der Waals surface area contributed by atoms with Gasteiger partial charge in [0.2, 0.25) is 0 Å². The standard InChI is InChI=1S/C18H18.C10H13NO.C6H12O2/c1-14-6-2-3-7-16(14)11-10-15-12-17-8-4-5-9-18(17)13-15;1-8-4-6-9(7-5-8)10(12)11(2)3;1-5(2)3-4-6(7)8/h2-9,12H,10-11,13H2,1H3;4-7H,1-3H3;5H,3-4H2,1-2H3,(H,7,8). The minimum atomic E-state index is -0.696. The summed E-state index contributed by atoms with van der Waals surface area (Å²) in [6.45, 7) is 8.24. The van der Waals surface area contributed by atoms with Gasteiger partial charge in [0.1, 0.15) is 0 Å². The molecule has 0 saturated carbocycles. The molecule has 0 unspecified atom stereocenters. The molecule has 0 aliphatic heterocycles. The third kappa shape index (κ3) is 10.8. The summed E-state index contributed by atoms with van der Waals surface area (Å²) < 4.78 is 0. The first-order valence-corrected chi connectivity index (χ1v) is 13.4. The highest BCUT2D eigenvalue weighted by molar-refractivity contribution is 5.93. The van der Waals surface area contributed by atoms with E-state index in [0.717, 1.165) is 24.8 Å². The van der Waals surface area contributed by atoms with Gasteiger partial charge in [-0.15, -0.1) is 0 Å². The summed E-state index contributed by atoms with van der Waals surface area (Å²) in [4.78, 5) is 22.9. The van der Waals surface area contributed by atoms with Gasteiger partial charge in [0, 0.05) is 26.1 Å². The fourth-order valence-corrected chi connectivity index (χ4v) is 4.06. The lowest BCUT2D eigenvalue weighted by molar-refractivity contribution is -0.137. The van der Waals surface area contributed by atoms with E-state index < -0.39 is 5.97 Å². The Labute approximate surface area is 229 Å². The van der Waals surface area contributed by atoms with E-state index >= 15 is 0 Å². The maximum atomic E-state index is 11.4. The molecule has 38 heavy (non-hydrogen) atoms. The van der Waals surface area contributed by atoms with Crippen molar-refractivity contribution in [3.05, 3.63) is 112 Å². The van der Waals surface area contributed by atoms with Gasteiger partial charge in [-0.1, -0.05) is 91.7 Å². The summed E-state index contributed by atoms with van der Waals surface area (Å²) >= 11 is 0. The van der Waals surface area contributed by atoms with Gasteiger partial charge in [0.25, 0.3) is 5.91 Å². The number of benzene rings is 3. The largest absolute Gasteiger partial charge is 0.481 e. The van der Waals surface area contributed by atoms with Crippen LogP contribution in [-0.4, -0.2) is 36.0 Å². The van der Waals surface area contributed by atoms with Gasteiger partial charge in [0.15, 0.2) is 0 Å². The van der Waals surface area contributed by atoms with Crippen LogP contribution >= 0.6 is 0 Å². The molecule has 1 aliphatic rings. The smallest absolute Gasteiger partial charge is 0.303 e. The lowest BCUT2D eigenvalue weighted by Gasteiger charge is -2.09. The van der Waals surface area contributed by atoms with Crippen molar-refractivity contribution in [3.8, 4) is 0 Å². The summed E-state index contributed by atoms with van der Waals surface area (Å²) in [6.07, 6.45) is 6.94. The van der Waals surface area contributed by atoms with Gasteiger partial charge in [0.05, 0.1) is 0 Å². The van der Waals surface area contributed by atoms with Crippen molar-refractivity contribution in [1.29, 1.82) is 0 Å². The van der Waals surface area contributed by atoms with Gasteiger partial charge in [-0.2, -0.15) is 0 Å². The van der Waals surface area contributed by atoms with Crippen LogP contribution in [0.25, 0.3) is 6.08 Å². The highest BCUT2D eigenvalue weighted by Crippen LogP contribution is 2.27. The number of carbonyl (C=O) groups is 2. The fourth-order valence-electron chi connectivity index (χ4n) is 4.06. The molecule has 4 rings (SSSR count). The van der Waals surface area contributed by atoms with Crippen LogP contribution in [0.1, 0.15) is 71.3 Å². The number of hydrogen-bond acceptors (Lipinski definition) is 2. The number of allylic oxidation sites excluding steroid dienone is 1. The van der Waals surface area contributed by atoms with E-state index in [-0.39, 0.29) is 5.91 Å². The number of aryl methyl sites for hydroxylation is 3. The number of carboxylic acids is 1. The van der Waals surface area contributed by atoms with Crippen LogP contribution in [0, 0.1) is 19.8 Å². The van der Waals surface area contributed by atoms with Crippen molar-refractivity contribution < 1.29 is 14.7 Å². The van der Waals surface area contributed by atoms with E-state index in [1.165, 1.54) is 34.2 Å². The Hall–Kier alpha value is -3.66. The van der Waals surface area contributed by atoms with Gasteiger partial charge < -0.3 is 10.0 Å². The maximum Gasteiger partial charge on any atom is 0.303 e. The van der Waals surface area contributed by atoms with Crippen LogP contribution in [0.5, 0.6) is 0 Å². The number of nitrogens with zero attached hydrogens (tertiary/aromatic N) is 1. The highest BCUT2D eigenvalue weighted by Gasteiger charge is 2.11. The Morgan fingerprint density at radius 1 is 0.868 bits per heavy atom. The van der Waals surface area contributed by atoms with Crippen molar-refractivity contribution in [1.82, 2.24) is 4.90 Å². The quantitative estimate of drug-likeness (QED) is 0.351. The molecular formula is C34H43NO3. The molecule has 3 aromatic carbocycles. The number of carboxylic acid groups (broad SMARTS) is 1. The zero-order chi connectivity index (χ0) is 28.1. The van der Waals surface area contributed by atoms with E-state index in [1.807, 2.05) is 45.0 Å². The molecule has 0 saturated heterocycles. The van der Waals surface area contributed by atoms with E-state index in [1.54, 1.807) is 24.6 Å². The van der Waals surface area contributed by atoms with Crippen LogP contribution in [0.4, 0.5) is 0 Å². The van der Waals surface area contributed by atoms with Crippen LogP contribution in [0.3, 0.4) is 0 Å². The molecule has 0 atom stereocenters. The number of hydrogen-bond donors (Lipinski definition) is 1. The second-order valence-electron chi connectivity index (χ2n) is 10.5. The molecule has 3 aromatic rings. The Bertz CT molecular complexity index is 1210. The van der Waals surface area contributed by atoms with Gasteiger partial charge >= 0.3 is 5.97 Å². The topological polar surface area (TPSA) is 57.6 Å². The SMILES string of the molecule is CC(C)CCC(=O)O.Cc1ccc(C(=O)N(C)C)cc1.Cc1ccccc1CCC1=Cc2ccccc2C1. The second kappa shape index (κ2) is 15.6. The summed E-state index contributed by atoms with van der Waals surface area (Å²) in [6, 6.07) is 25.0. The third-order valence-electron chi connectivity index (χ3n) is 6.45. The molecule has 1 N–H and O–H groups in total. The van der Waals surface area contributed by atoms with Crippen LogP contribution in [0.15, 0.2) is 78.4 Å². The Morgan fingerprint density at radius 3 is 2.05 bits per heavy atom. The number of amides is 1. The predicted molar refractivity (Wildman–Crippen MR) is 159 cm³/mol. The van der Waals surface area contributed by atoms with Crippen molar-refractivity contribution in [2.24, 2.45) is 5.92 Å². The molecule has 202 valence electrons. The lowest BCUT2D eigenvalue weighted by atomic mass is 10.00. The third-order valence-corrected chi connectivity index (χ3v) is 6.45. The zero-order valence-corrected chi connectivity index (χ0v) is 23.8. The molecule has 0 fully saturated rings. The number of aliphatic carboxylic acids is 1. The van der Waals surface area contributed by atoms with Gasteiger partial charge in [-0.25, -0.2) is 0 Å². The summed E-state index contributed by atoms with van der Waals surface area (Å²) in [7, 11) is 3.50. The fraction of sp³-hybridized carbons (Fsp3) is 0.353. The van der Waals surface area contributed by atoms with Crippen LogP contribution in [0.2, 0.25) is 0 Å². The lowest BCUT2D eigenvalue weighted by Crippen LogP contribution is -2.21. The molecule has 0 aromatic heterocycles. The van der Waals surface area contributed by atoms with Crippen molar-refractivity contribution in [2.45, 2.75) is 59.8 Å². The van der Waals surface area contributed by atoms with E-state index in [4.69, 9.17) is 5.11 Å². The molecule has 0 heterocycles. The van der Waals surface area contributed by atoms with Gasteiger partial charge in [-0.3, -0.25) is 9.59 Å². The second-order valence-corrected chi connectivity index (χ2v) is 10.5. The number of rotatable bonds is 7. The molecular weight excluding hydrogens is 470 g/mol. The number of carbonyl (C=O) groups excluding carboxylic acids is 1. The van der Waals surface area contributed by atoms with Crippen molar-refractivity contribution in [2.75, 3.05) is 14.1 Å². The summed E-state index contributed by atoms with van der Waals surface area (Å²) in [5, 5.41) is 8.16. The van der Waals surface area contributed by atoms with Gasteiger partial charge in [-0.05, 0) is 79.8 Å². The average molecular weight is 514 g/mol. The molecule has 1 aliphatic carbocycles. The van der Waals surface area contributed by atoms with E-state index in [0.29, 0.717) is 12.3 Å². The zero-order valence-electron chi connectivity index (χ0n) is 23.8. The molecule has 0 radical (unpaired) electrons. The van der Waals surface area contributed by atoms with Crippen molar-refractivity contribution in [3.63, 3.8) is 0 Å². The minimum absolute atomic E-state index is 0.0509. The molecule has 0 bridgehead atoms. The number of fused-ring (bicyclic) bond motifs is 1. The average Bonchev–Trinajstić information content (AvgIpc) is 3.31. The predicted octanol–water partition coefficient (Wildman–Crippen LogP) is 7.77. The first-order valence-electron chi connectivity index (χ1n) is 13.4. The molecule has 0 spiro atoms. The van der Waals surface area contributed by atoms with Crippen molar-refractivity contribution >= 4 is 18.0 Å². The first-order chi connectivity index (χ1) is 18.1. The monoisotopic (exact) mass is 513 g/mol. The Morgan fingerprint density at radius 2 is 1.50 bits per heavy atom. The molecule has 4 nitrogen and oxygen atoms in total. The highest BCUT2D eigenvalue weighted by atomic mass is 16.4. The maximum absolute atomic E-state index is 11.4. The summed E-state index contributed by atoms with van der Waals surface area (Å²) in [5.74, 6) is -0.139. The van der Waals surface area contributed by atoms with Crippen LogP contribution < -0.4 is 0 Å². The van der Waals surface area contributed by atoms with Crippen LogP contribution in [-0.2, 0) is 17.6 Å². The van der Waals surface area contributed by atoms with E-state index in [9.17, 15) is 9.59 Å².